The van der Waals surface area contributed by atoms with Crippen LogP contribution < -0.4 is 0 Å². The third kappa shape index (κ3) is 3.88. The van der Waals surface area contributed by atoms with Gasteiger partial charge in [0.2, 0.25) is 0 Å². The summed E-state index contributed by atoms with van der Waals surface area (Å²) in [7, 11) is 0. The van der Waals surface area contributed by atoms with E-state index in [1.807, 2.05) is 38.1 Å². The van der Waals surface area contributed by atoms with Crippen LogP contribution in [0.3, 0.4) is 0 Å². The molecule has 0 amide bonds. The van der Waals surface area contributed by atoms with Crippen LogP contribution in [0.15, 0.2) is 24.3 Å². The van der Waals surface area contributed by atoms with Gasteiger partial charge in [0.05, 0.1) is 0 Å². The van der Waals surface area contributed by atoms with Crippen molar-refractivity contribution in [2.75, 3.05) is 0 Å². The Hall–Kier alpha value is -1.11. The molecule has 0 aliphatic rings. The maximum absolute atomic E-state index is 10.5. The third-order valence-electron chi connectivity index (χ3n) is 1.70. The first-order valence-electron chi connectivity index (χ1n) is 4.91. The van der Waals surface area contributed by atoms with Crippen LogP contribution in [0.4, 0.5) is 0 Å². The lowest BCUT2D eigenvalue weighted by Crippen LogP contribution is -1.90. The summed E-state index contributed by atoms with van der Waals surface area (Å²) in [6.45, 7) is 6.11. The maximum atomic E-state index is 10.5. The molecule has 72 valence electrons. The van der Waals surface area contributed by atoms with Crippen LogP contribution in [0.5, 0.6) is 0 Å². The second-order valence-electron chi connectivity index (χ2n) is 2.57. The zero-order valence-electron chi connectivity index (χ0n) is 8.71. The number of carbonyl (C=O) groups excluding carboxylic acids is 1. The summed E-state index contributed by atoms with van der Waals surface area (Å²) in [5.41, 5.74) is 1.99. The third-order valence-corrected chi connectivity index (χ3v) is 1.70. The first kappa shape index (κ1) is 11.9. The normalized spacial score (nSPS) is 8.54. The van der Waals surface area contributed by atoms with Crippen LogP contribution in [-0.2, 0) is 6.42 Å². The largest absolute Gasteiger partial charge is 0.298 e. The van der Waals surface area contributed by atoms with Gasteiger partial charge in [-0.2, -0.15) is 0 Å². The van der Waals surface area contributed by atoms with Crippen molar-refractivity contribution in [2.24, 2.45) is 0 Å². The van der Waals surface area contributed by atoms with Crippen molar-refractivity contribution in [1.29, 1.82) is 0 Å². The van der Waals surface area contributed by atoms with Crippen LogP contribution in [0.1, 0.15) is 43.1 Å². The standard InChI is InChI=1S/C10H12O.C2H6/c1-2-5-9-6-3-4-7-10(9)8-11;1-2/h3-4,6-8H,2,5H2,1H3;1-2H3. The van der Waals surface area contributed by atoms with E-state index in [1.54, 1.807) is 0 Å². The lowest BCUT2D eigenvalue weighted by atomic mass is 10.0. The highest BCUT2D eigenvalue weighted by Gasteiger charge is 1.96. The fourth-order valence-corrected chi connectivity index (χ4v) is 1.15. The van der Waals surface area contributed by atoms with Crippen molar-refractivity contribution in [2.45, 2.75) is 33.6 Å². The number of hydrogen-bond donors (Lipinski definition) is 0. The minimum absolute atomic E-state index is 0.828. The molecule has 1 nitrogen and oxygen atoms in total. The Morgan fingerprint density at radius 3 is 2.38 bits per heavy atom. The molecule has 0 heterocycles. The molecule has 1 rings (SSSR count). The summed E-state index contributed by atoms with van der Waals surface area (Å²) in [5, 5.41) is 0. The lowest BCUT2D eigenvalue weighted by molar-refractivity contribution is 0.112. The smallest absolute Gasteiger partial charge is 0.150 e. The minimum Gasteiger partial charge on any atom is -0.298 e. The second kappa shape index (κ2) is 7.53. The minimum atomic E-state index is 0.828. The fourth-order valence-electron chi connectivity index (χ4n) is 1.15. The van der Waals surface area contributed by atoms with Crippen molar-refractivity contribution in [1.82, 2.24) is 0 Å². The molecule has 0 unspecified atom stereocenters. The van der Waals surface area contributed by atoms with E-state index in [1.165, 1.54) is 0 Å². The highest BCUT2D eigenvalue weighted by molar-refractivity contribution is 5.77. The summed E-state index contributed by atoms with van der Waals surface area (Å²) < 4.78 is 0. The molecule has 1 aromatic rings. The molecule has 0 saturated heterocycles. The van der Waals surface area contributed by atoms with Gasteiger partial charge in [0, 0.05) is 5.56 Å². The quantitative estimate of drug-likeness (QED) is 0.648. The lowest BCUT2D eigenvalue weighted by Gasteiger charge is -2.00. The molecule has 0 N–H and O–H groups in total. The molecule has 0 saturated carbocycles. The van der Waals surface area contributed by atoms with Gasteiger partial charge in [0.1, 0.15) is 6.29 Å². The van der Waals surface area contributed by atoms with Gasteiger partial charge >= 0.3 is 0 Å². The van der Waals surface area contributed by atoms with Gasteiger partial charge in [-0.05, 0) is 12.0 Å². The monoisotopic (exact) mass is 178 g/mol. The summed E-state index contributed by atoms with van der Waals surface area (Å²) in [6.07, 6.45) is 3.00. The second-order valence-corrected chi connectivity index (χ2v) is 2.57. The van der Waals surface area contributed by atoms with E-state index in [9.17, 15) is 4.79 Å². The summed E-state index contributed by atoms with van der Waals surface area (Å²) >= 11 is 0. The molecule has 0 bridgehead atoms. The molecule has 0 fully saturated rings. The Morgan fingerprint density at radius 1 is 1.23 bits per heavy atom. The number of carbonyl (C=O) groups is 1. The van der Waals surface area contributed by atoms with Crippen molar-refractivity contribution in [3.8, 4) is 0 Å². The average molecular weight is 178 g/mol. The van der Waals surface area contributed by atoms with Gasteiger partial charge in [-0.15, -0.1) is 0 Å². The fraction of sp³-hybridized carbons (Fsp3) is 0.417. The van der Waals surface area contributed by atoms with Gasteiger partial charge < -0.3 is 0 Å². The summed E-state index contributed by atoms with van der Waals surface area (Å²) in [5.74, 6) is 0. The first-order chi connectivity index (χ1) is 6.38. The van der Waals surface area contributed by atoms with Crippen molar-refractivity contribution >= 4 is 6.29 Å². The Morgan fingerprint density at radius 2 is 1.85 bits per heavy atom. The van der Waals surface area contributed by atoms with E-state index >= 15 is 0 Å². The van der Waals surface area contributed by atoms with Gasteiger partial charge in [-0.1, -0.05) is 51.5 Å². The molecular formula is C12H18O. The Labute approximate surface area is 80.8 Å². The predicted molar refractivity (Wildman–Crippen MR) is 57.2 cm³/mol. The molecule has 0 aliphatic carbocycles. The van der Waals surface area contributed by atoms with Crippen molar-refractivity contribution < 1.29 is 4.79 Å². The van der Waals surface area contributed by atoms with E-state index in [2.05, 4.69) is 6.92 Å². The van der Waals surface area contributed by atoms with Crippen LogP contribution in [0.2, 0.25) is 0 Å². The average Bonchev–Trinajstić information content (AvgIpc) is 2.22. The number of benzene rings is 1. The van der Waals surface area contributed by atoms with Gasteiger partial charge in [-0.3, -0.25) is 4.79 Å². The van der Waals surface area contributed by atoms with Gasteiger partial charge in [0.15, 0.2) is 0 Å². The SMILES string of the molecule is CC.CCCc1ccccc1C=O. The molecule has 1 aromatic carbocycles. The van der Waals surface area contributed by atoms with E-state index in [0.29, 0.717) is 0 Å². The zero-order chi connectivity index (χ0) is 10.1. The number of hydrogen-bond acceptors (Lipinski definition) is 1. The molecule has 0 spiro atoms. The summed E-state index contributed by atoms with van der Waals surface area (Å²) in [6, 6.07) is 7.73. The van der Waals surface area contributed by atoms with Gasteiger partial charge in [-0.25, -0.2) is 0 Å². The van der Waals surface area contributed by atoms with E-state index < -0.39 is 0 Å². The van der Waals surface area contributed by atoms with Gasteiger partial charge in [0.25, 0.3) is 0 Å². The van der Waals surface area contributed by atoms with Crippen molar-refractivity contribution in [3.63, 3.8) is 0 Å². The number of aldehydes is 1. The van der Waals surface area contributed by atoms with E-state index in [0.717, 1.165) is 30.3 Å². The molecule has 1 heteroatoms. The molecule has 0 atom stereocenters. The van der Waals surface area contributed by atoms with Crippen molar-refractivity contribution in [3.05, 3.63) is 35.4 Å². The molecule has 0 radical (unpaired) electrons. The van der Waals surface area contributed by atoms with Crippen LogP contribution >= 0.6 is 0 Å². The first-order valence-corrected chi connectivity index (χ1v) is 4.91. The Bertz CT molecular complexity index is 241. The Balaban J connectivity index is 0.000000671. The van der Waals surface area contributed by atoms with Crippen LogP contribution in [0, 0.1) is 0 Å². The maximum Gasteiger partial charge on any atom is 0.150 e. The topological polar surface area (TPSA) is 17.1 Å². The van der Waals surface area contributed by atoms with E-state index in [-0.39, 0.29) is 0 Å². The number of rotatable bonds is 3. The molecular weight excluding hydrogens is 160 g/mol. The highest BCUT2D eigenvalue weighted by Crippen LogP contribution is 2.07. The zero-order valence-corrected chi connectivity index (χ0v) is 8.71. The molecule has 0 aromatic heterocycles. The predicted octanol–water partition coefficient (Wildman–Crippen LogP) is 3.48. The number of aryl methyl sites for hydroxylation is 1. The Kier molecular flexibility index (Phi) is 6.89. The summed E-state index contributed by atoms with van der Waals surface area (Å²) in [4.78, 5) is 10.5. The van der Waals surface area contributed by atoms with E-state index in [4.69, 9.17) is 0 Å². The van der Waals surface area contributed by atoms with Crippen LogP contribution in [-0.4, -0.2) is 6.29 Å². The molecule has 0 aliphatic heterocycles. The van der Waals surface area contributed by atoms with Crippen LogP contribution in [0.25, 0.3) is 0 Å². The highest BCUT2D eigenvalue weighted by atomic mass is 16.1. The molecule has 13 heavy (non-hydrogen) atoms.